The molecule has 0 aliphatic rings. The number of hydrogen-bond acceptors (Lipinski definition) is 6. The Balaban J connectivity index is 1.68. The van der Waals surface area contributed by atoms with Crippen molar-refractivity contribution >= 4 is 44.6 Å². The highest BCUT2D eigenvalue weighted by atomic mass is 32.1. The maximum absolute atomic E-state index is 11.9. The number of benzene rings is 1. The number of thiazole rings is 1. The van der Waals surface area contributed by atoms with Gasteiger partial charge < -0.3 is 4.74 Å². The molecule has 0 amide bonds. The SMILES string of the molecule is CC(=O)c1ccc(C(=O)OCc2nc3ccccc3s2)s1. The maximum Gasteiger partial charge on any atom is 0.348 e. The van der Waals surface area contributed by atoms with Crippen LogP contribution in [0.5, 0.6) is 0 Å². The predicted octanol–water partition coefficient (Wildman–Crippen LogP) is 3.92. The van der Waals surface area contributed by atoms with Gasteiger partial charge in [0.15, 0.2) is 5.78 Å². The normalized spacial score (nSPS) is 10.7. The molecule has 0 N–H and O–H groups in total. The lowest BCUT2D eigenvalue weighted by atomic mass is 10.3. The molecule has 6 heteroatoms. The lowest BCUT2D eigenvalue weighted by Crippen LogP contribution is -2.02. The Morgan fingerprint density at radius 1 is 1.10 bits per heavy atom. The molecule has 106 valence electrons. The summed E-state index contributed by atoms with van der Waals surface area (Å²) in [6.45, 7) is 1.62. The molecular formula is C15H11NO3S2. The number of carbonyl (C=O) groups is 2. The zero-order valence-electron chi connectivity index (χ0n) is 11.2. The number of aromatic nitrogens is 1. The summed E-state index contributed by atoms with van der Waals surface area (Å²) in [6.07, 6.45) is 0. The number of esters is 1. The second-order valence-electron chi connectivity index (χ2n) is 4.37. The molecule has 21 heavy (non-hydrogen) atoms. The lowest BCUT2D eigenvalue weighted by molar-refractivity contribution is 0.0478. The Labute approximate surface area is 129 Å². The van der Waals surface area contributed by atoms with Crippen LogP contribution in [0.15, 0.2) is 36.4 Å². The quantitative estimate of drug-likeness (QED) is 0.540. The van der Waals surface area contributed by atoms with E-state index >= 15 is 0 Å². The van der Waals surface area contributed by atoms with Gasteiger partial charge in [-0.2, -0.15) is 0 Å². The largest absolute Gasteiger partial charge is 0.454 e. The number of ketones is 1. The number of fused-ring (bicyclic) bond motifs is 1. The van der Waals surface area contributed by atoms with Gasteiger partial charge in [0, 0.05) is 0 Å². The maximum atomic E-state index is 11.9. The van der Waals surface area contributed by atoms with E-state index in [-0.39, 0.29) is 12.4 Å². The van der Waals surface area contributed by atoms with Crippen molar-refractivity contribution in [1.82, 2.24) is 4.98 Å². The summed E-state index contributed by atoms with van der Waals surface area (Å²) in [7, 11) is 0. The van der Waals surface area contributed by atoms with Gasteiger partial charge in [0.25, 0.3) is 0 Å². The van der Waals surface area contributed by atoms with Crippen LogP contribution in [0.2, 0.25) is 0 Å². The van der Waals surface area contributed by atoms with Gasteiger partial charge >= 0.3 is 5.97 Å². The van der Waals surface area contributed by atoms with Crippen LogP contribution >= 0.6 is 22.7 Å². The molecule has 0 radical (unpaired) electrons. The topological polar surface area (TPSA) is 56.3 Å². The average Bonchev–Trinajstić information content (AvgIpc) is 3.11. The number of ether oxygens (including phenoxy) is 1. The lowest BCUT2D eigenvalue weighted by Gasteiger charge is -1.99. The summed E-state index contributed by atoms with van der Waals surface area (Å²) in [4.78, 5) is 28.5. The summed E-state index contributed by atoms with van der Waals surface area (Å²) in [5.74, 6) is -0.475. The van der Waals surface area contributed by atoms with Crippen LogP contribution in [-0.2, 0) is 11.3 Å². The molecule has 0 aliphatic heterocycles. The fourth-order valence-electron chi connectivity index (χ4n) is 1.82. The average molecular weight is 317 g/mol. The summed E-state index contributed by atoms with van der Waals surface area (Å²) >= 11 is 2.65. The smallest absolute Gasteiger partial charge is 0.348 e. The van der Waals surface area contributed by atoms with E-state index < -0.39 is 5.97 Å². The van der Waals surface area contributed by atoms with Crippen molar-refractivity contribution in [3.63, 3.8) is 0 Å². The van der Waals surface area contributed by atoms with Gasteiger partial charge in [-0.15, -0.1) is 22.7 Å². The molecule has 2 aromatic heterocycles. The standard InChI is InChI=1S/C15H11NO3S2/c1-9(17)11-6-7-13(20-11)15(18)19-8-14-16-10-4-2-3-5-12(10)21-14/h2-7H,8H2,1H3. The highest BCUT2D eigenvalue weighted by Gasteiger charge is 2.13. The number of carbonyl (C=O) groups excluding carboxylic acids is 2. The Bertz CT molecular complexity index is 786. The van der Waals surface area contributed by atoms with Crippen molar-refractivity contribution in [2.75, 3.05) is 0 Å². The first-order chi connectivity index (χ1) is 10.1. The monoisotopic (exact) mass is 317 g/mol. The van der Waals surface area contributed by atoms with Gasteiger partial charge in [0.1, 0.15) is 16.5 Å². The third-order valence-corrected chi connectivity index (χ3v) is 5.00. The van der Waals surface area contributed by atoms with Crippen molar-refractivity contribution in [2.45, 2.75) is 13.5 Å². The molecule has 0 atom stereocenters. The number of nitrogens with zero attached hydrogens (tertiary/aromatic N) is 1. The van der Waals surface area contributed by atoms with Gasteiger partial charge in [0.05, 0.1) is 15.1 Å². The van der Waals surface area contributed by atoms with Crippen LogP contribution in [0.4, 0.5) is 0 Å². The summed E-state index contributed by atoms with van der Waals surface area (Å²) in [5, 5.41) is 0.757. The fraction of sp³-hybridized carbons (Fsp3) is 0.133. The zero-order chi connectivity index (χ0) is 14.8. The number of Topliss-reactive ketones (excluding diaryl/α,β-unsaturated/α-hetero) is 1. The number of thiophene rings is 1. The summed E-state index contributed by atoms with van der Waals surface area (Å²) in [5.41, 5.74) is 0.906. The van der Waals surface area contributed by atoms with Crippen LogP contribution in [-0.4, -0.2) is 16.7 Å². The van der Waals surface area contributed by atoms with Crippen LogP contribution < -0.4 is 0 Å². The predicted molar refractivity (Wildman–Crippen MR) is 83.1 cm³/mol. The molecule has 1 aromatic carbocycles. The van der Waals surface area contributed by atoms with Crippen molar-refractivity contribution < 1.29 is 14.3 Å². The number of rotatable bonds is 4. The van der Waals surface area contributed by atoms with Gasteiger partial charge in [0.2, 0.25) is 0 Å². The molecule has 0 aliphatic carbocycles. The molecule has 0 unspecified atom stereocenters. The van der Waals surface area contributed by atoms with E-state index in [4.69, 9.17) is 4.74 Å². The first kappa shape index (κ1) is 13.9. The summed E-state index contributed by atoms with van der Waals surface area (Å²) < 4.78 is 6.31. The van der Waals surface area contributed by atoms with Crippen LogP contribution in [0.1, 0.15) is 31.3 Å². The van der Waals surface area contributed by atoms with Crippen molar-refractivity contribution in [1.29, 1.82) is 0 Å². The van der Waals surface area contributed by atoms with E-state index in [2.05, 4.69) is 4.98 Å². The molecular weight excluding hydrogens is 306 g/mol. The molecule has 0 fully saturated rings. The molecule has 0 saturated heterocycles. The van der Waals surface area contributed by atoms with Gasteiger partial charge in [-0.25, -0.2) is 9.78 Å². The van der Waals surface area contributed by atoms with E-state index in [0.29, 0.717) is 9.75 Å². The van der Waals surface area contributed by atoms with E-state index in [1.165, 1.54) is 18.3 Å². The minimum atomic E-state index is -0.424. The Hall–Kier alpha value is -2.05. The zero-order valence-corrected chi connectivity index (χ0v) is 12.8. The van der Waals surface area contributed by atoms with Crippen molar-refractivity contribution in [3.05, 3.63) is 51.2 Å². The highest BCUT2D eigenvalue weighted by Crippen LogP contribution is 2.23. The Morgan fingerprint density at radius 3 is 2.57 bits per heavy atom. The molecule has 0 spiro atoms. The Morgan fingerprint density at radius 2 is 1.86 bits per heavy atom. The fourth-order valence-corrected chi connectivity index (χ4v) is 3.49. The molecule has 0 saturated carbocycles. The second-order valence-corrected chi connectivity index (χ2v) is 6.57. The van der Waals surface area contributed by atoms with Crippen LogP contribution in [0.3, 0.4) is 0 Å². The van der Waals surface area contributed by atoms with E-state index in [1.54, 1.807) is 12.1 Å². The van der Waals surface area contributed by atoms with Crippen molar-refractivity contribution in [3.8, 4) is 0 Å². The second kappa shape index (κ2) is 5.75. The van der Waals surface area contributed by atoms with E-state index in [1.807, 2.05) is 24.3 Å². The molecule has 0 bridgehead atoms. The molecule has 3 aromatic rings. The van der Waals surface area contributed by atoms with Gasteiger partial charge in [-0.1, -0.05) is 12.1 Å². The first-order valence-corrected chi connectivity index (χ1v) is 7.89. The molecule has 3 rings (SSSR count). The molecule has 4 nitrogen and oxygen atoms in total. The first-order valence-electron chi connectivity index (χ1n) is 6.26. The number of hydrogen-bond donors (Lipinski definition) is 0. The van der Waals surface area contributed by atoms with Gasteiger partial charge in [-0.3, -0.25) is 4.79 Å². The minimum Gasteiger partial charge on any atom is -0.454 e. The molecule has 2 heterocycles. The van der Waals surface area contributed by atoms with E-state index in [9.17, 15) is 9.59 Å². The van der Waals surface area contributed by atoms with Gasteiger partial charge in [-0.05, 0) is 31.2 Å². The van der Waals surface area contributed by atoms with E-state index in [0.717, 1.165) is 26.6 Å². The van der Waals surface area contributed by atoms with Crippen LogP contribution in [0, 0.1) is 0 Å². The van der Waals surface area contributed by atoms with Crippen molar-refractivity contribution in [2.24, 2.45) is 0 Å². The Kier molecular flexibility index (Phi) is 3.81. The summed E-state index contributed by atoms with van der Waals surface area (Å²) in [6, 6.07) is 11.0. The third-order valence-electron chi connectivity index (χ3n) is 2.82. The minimum absolute atomic E-state index is 0.0507. The highest BCUT2D eigenvalue weighted by molar-refractivity contribution is 7.18. The van der Waals surface area contributed by atoms with Crippen LogP contribution in [0.25, 0.3) is 10.2 Å². The number of para-hydroxylation sites is 1. The third kappa shape index (κ3) is 3.01.